The fourth-order valence-corrected chi connectivity index (χ4v) is 4.80. The molecule has 132 valence electrons. The lowest BCUT2D eigenvalue weighted by Gasteiger charge is -2.23. The molecule has 3 fully saturated rings. The quantitative estimate of drug-likeness (QED) is 0.811. The molecule has 2 bridgehead atoms. The van der Waals surface area contributed by atoms with Crippen LogP contribution in [-0.2, 0) is 11.3 Å². The topological polar surface area (TPSA) is 47.3 Å². The highest BCUT2D eigenvalue weighted by molar-refractivity contribution is 6.39. The molecule has 3 atom stereocenters. The molecule has 4 nitrogen and oxygen atoms in total. The summed E-state index contributed by atoms with van der Waals surface area (Å²) < 4.78 is 12.0. The molecule has 1 N–H and O–H groups in total. The van der Waals surface area contributed by atoms with Gasteiger partial charge in [0.05, 0.1) is 22.8 Å². The maximum atomic E-state index is 6.40. The standard InChI is InChI=1S/C19H20Cl2N2O2/c20-14-2-1-3-15(21)17(14)18-13(19(25-23-18)10-4-5-10)9-24-16-7-12-6-11(16)8-22-12/h1-3,10-12,16,22H,4-9H2/t11-,12-,16+/m1/s1. The predicted molar refractivity (Wildman–Crippen MR) is 97.0 cm³/mol. The van der Waals surface area contributed by atoms with Gasteiger partial charge in [-0.2, -0.15) is 0 Å². The Hall–Kier alpha value is -1.07. The summed E-state index contributed by atoms with van der Waals surface area (Å²) >= 11 is 12.8. The summed E-state index contributed by atoms with van der Waals surface area (Å²) in [6.45, 7) is 1.58. The van der Waals surface area contributed by atoms with E-state index in [1.807, 2.05) is 18.2 Å². The van der Waals surface area contributed by atoms with Gasteiger partial charge in [0.1, 0.15) is 11.5 Å². The molecule has 2 aromatic rings. The van der Waals surface area contributed by atoms with E-state index in [9.17, 15) is 0 Å². The van der Waals surface area contributed by atoms with Crippen LogP contribution in [0.3, 0.4) is 0 Å². The molecule has 6 heteroatoms. The van der Waals surface area contributed by atoms with Crippen molar-refractivity contribution in [1.29, 1.82) is 0 Å². The zero-order valence-corrected chi connectivity index (χ0v) is 15.3. The molecular formula is C19H20Cl2N2O2. The van der Waals surface area contributed by atoms with Crippen LogP contribution >= 0.6 is 23.2 Å². The van der Waals surface area contributed by atoms with Crippen molar-refractivity contribution in [3.05, 3.63) is 39.6 Å². The summed E-state index contributed by atoms with van der Waals surface area (Å²) in [5.74, 6) is 2.04. The van der Waals surface area contributed by atoms with Crippen LogP contribution in [0.1, 0.15) is 42.9 Å². The number of aromatic nitrogens is 1. The number of nitrogens with zero attached hydrogens (tertiary/aromatic N) is 1. The number of ether oxygens (including phenoxy) is 1. The number of hydrogen-bond donors (Lipinski definition) is 1. The zero-order valence-electron chi connectivity index (χ0n) is 13.8. The number of nitrogens with one attached hydrogen (secondary N) is 1. The van der Waals surface area contributed by atoms with Crippen LogP contribution in [0.5, 0.6) is 0 Å². The number of fused-ring (bicyclic) bond motifs is 2. The molecule has 1 aromatic heterocycles. The van der Waals surface area contributed by atoms with E-state index < -0.39 is 0 Å². The molecule has 2 aliphatic carbocycles. The first-order valence-electron chi connectivity index (χ1n) is 8.98. The number of hydrogen-bond acceptors (Lipinski definition) is 4. The minimum absolute atomic E-state index is 0.322. The van der Waals surface area contributed by atoms with Gasteiger partial charge in [0.2, 0.25) is 0 Å². The highest BCUT2D eigenvalue weighted by Gasteiger charge is 2.41. The number of piperidine rings is 1. The van der Waals surface area contributed by atoms with Crippen molar-refractivity contribution in [3.63, 3.8) is 0 Å². The van der Waals surface area contributed by atoms with E-state index in [2.05, 4.69) is 10.5 Å². The fourth-order valence-electron chi connectivity index (χ4n) is 4.23. The second kappa shape index (κ2) is 6.27. The Morgan fingerprint density at radius 2 is 2.00 bits per heavy atom. The Bertz CT molecular complexity index is 782. The summed E-state index contributed by atoms with van der Waals surface area (Å²) in [7, 11) is 0. The largest absolute Gasteiger partial charge is 0.373 e. The zero-order chi connectivity index (χ0) is 17.0. The SMILES string of the molecule is Clc1cccc(Cl)c1-c1noc(C2CC2)c1CO[C@H]1C[C@H]2C[C@@H]1CN2. The highest BCUT2D eigenvalue weighted by atomic mass is 35.5. The van der Waals surface area contributed by atoms with Gasteiger partial charge in [0, 0.05) is 29.6 Å². The van der Waals surface area contributed by atoms with Gasteiger partial charge >= 0.3 is 0 Å². The molecule has 25 heavy (non-hydrogen) atoms. The molecule has 2 saturated carbocycles. The first-order valence-corrected chi connectivity index (χ1v) is 9.74. The molecular weight excluding hydrogens is 359 g/mol. The average molecular weight is 379 g/mol. The molecule has 5 rings (SSSR count). The van der Waals surface area contributed by atoms with E-state index in [1.165, 1.54) is 6.42 Å². The smallest absolute Gasteiger partial charge is 0.145 e. The van der Waals surface area contributed by atoms with Gasteiger partial charge < -0.3 is 14.6 Å². The molecule has 1 aromatic carbocycles. The summed E-state index contributed by atoms with van der Waals surface area (Å²) in [6.07, 6.45) is 4.94. The minimum atomic E-state index is 0.322. The Morgan fingerprint density at radius 3 is 2.64 bits per heavy atom. The van der Waals surface area contributed by atoms with Crippen LogP contribution in [0.4, 0.5) is 0 Å². The molecule has 1 aliphatic heterocycles. The third-order valence-electron chi connectivity index (χ3n) is 5.71. The van der Waals surface area contributed by atoms with Crippen molar-refractivity contribution in [2.45, 2.75) is 50.4 Å². The minimum Gasteiger partial charge on any atom is -0.373 e. The number of benzene rings is 1. The van der Waals surface area contributed by atoms with Gasteiger partial charge in [-0.15, -0.1) is 0 Å². The second-order valence-corrected chi connectivity index (χ2v) is 8.25. The number of rotatable bonds is 5. The summed E-state index contributed by atoms with van der Waals surface area (Å²) in [5, 5.41) is 9.03. The van der Waals surface area contributed by atoms with E-state index in [0.29, 0.717) is 40.6 Å². The van der Waals surface area contributed by atoms with E-state index in [1.54, 1.807) is 0 Å². The van der Waals surface area contributed by atoms with Gasteiger partial charge in [-0.3, -0.25) is 0 Å². The summed E-state index contributed by atoms with van der Waals surface area (Å²) in [6, 6.07) is 6.13. The normalized spacial score (nSPS) is 28.0. The number of halogens is 2. The van der Waals surface area contributed by atoms with Crippen molar-refractivity contribution in [1.82, 2.24) is 10.5 Å². The first-order chi connectivity index (χ1) is 12.2. The van der Waals surface area contributed by atoms with Gasteiger partial charge in [-0.1, -0.05) is 34.4 Å². The Kier molecular flexibility index (Phi) is 4.05. The van der Waals surface area contributed by atoms with Crippen LogP contribution in [0, 0.1) is 5.92 Å². The van der Waals surface area contributed by atoms with Crippen LogP contribution in [0.25, 0.3) is 11.3 Å². The van der Waals surface area contributed by atoms with Crippen molar-refractivity contribution in [3.8, 4) is 11.3 Å². The van der Waals surface area contributed by atoms with E-state index in [0.717, 1.165) is 48.4 Å². The van der Waals surface area contributed by atoms with Gasteiger partial charge in [0.25, 0.3) is 0 Å². The molecule has 3 aliphatic rings. The van der Waals surface area contributed by atoms with E-state index >= 15 is 0 Å². The lowest BCUT2D eigenvalue weighted by atomic mass is 10.0. The maximum Gasteiger partial charge on any atom is 0.145 e. The second-order valence-electron chi connectivity index (χ2n) is 7.43. The monoisotopic (exact) mass is 378 g/mol. The Morgan fingerprint density at radius 1 is 1.20 bits per heavy atom. The summed E-state index contributed by atoms with van der Waals surface area (Å²) in [4.78, 5) is 0. The van der Waals surface area contributed by atoms with Gasteiger partial charge in [0.15, 0.2) is 0 Å². The average Bonchev–Trinajstić information content (AvgIpc) is 3.03. The van der Waals surface area contributed by atoms with Crippen LogP contribution in [-0.4, -0.2) is 23.8 Å². The van der Waals surface area contributed by atoms with Crippen molar-refractivity contribution < 1.29 is 9.26 Å². The Labute approximate surface area is 156 Å². The van der Waals surface area contributed by atoms with Crippen molar-refractivity contribution in [2.24, 2.45) is 5.92 Å². The van der Waals surface area contributed by atoms with Crippen molar-refractivity contribution >= 4 is 23.2 Å². The van der Waals surface area contributed by atoms with Gasteiger partial charge in [-0.25, -0.2) is 0 Å². The molecule has 1 saturated heterocycles. The lowest BCUT2D eigenvalue weighted by molar-refractivity contribution is 0.00914. The van der Waals surface area contributed by atoms with Crippen molar-refractivity contribution in [2.75, 3.05) is 6.54 Å². The molecule has 0 spiro atoms. The Balaban J connectivity index is 1.46. The van der Waals surface area contributed by atoms with Crippen LogP contribution in [0.2, 0.25) is 10.0 Å². The maximum absolute atomic E-state index is 6.40. The first kappa shape index (κ1) is 16.1. The van der Waals surface area contributed by atoms with E-state index in [4.69, 9.17) is 32.5 Å². The molecule has 0 radical (unpaired) electrons. The lowest BCUT2D eigenvalue weighted by Crippen LogP contribution is -2.34. The third-order valence-corrected chi connectivity index (χ3v) is 6.34. The predicted octanol–water partition coefficient (Wildman–Crippen LogP) is 4.79. The highest BCUT2D eigenvalue weighted by Crippen LogP contribution is 2.46. The van der Waals surface area contributed by atoms with Gasteiger partial charge in [-0.05, 0) is 43.7 Å². The van der Waals surface area contributed by atoms with Crippen LogP contribution < -0.4 is 5.32 Å². The fraction of sp³-hybridized carbons (Fsp3) is 0.526. The summed E-state index contributed by atoms with van der Waals surface area (Å²) in [5.41, 5.74) is 2.50. The van der Waals surface area contributed by atoms with E-state index in [-0.39, 0.29) is 0 Å². The molecule has 0 amide bonds. The third kappa shape index (κ3) is 2.89. The molecule has 0 unspecified atom stereocenters. The molecule has 2 heterocycles. The van der Waals surface area contributed by atoms with Crippen LogP contribution in [0.15, 0.2) is 22.7 Å².